The Kier molecular flexibility index (Phi) is 5.95. The zero-order valence-corrected chi connectivity index (χ0v) is 11.4. The molecule has 1 atom stereocenters. The van der Waals surface area contributed by atoms with E-state index in [0.29, 0.717) is 12.0 Å². The molecule has 1 unspecified atom stereocenters. The highest BCUT2D eigenvalue weighted by Gasteiger charge is 2.11. The number of hydrogen-bond donors (Lipinski definition) is 2. The lowest BCUT2D eigenvalue weighted by atomic mass is 10.0. The van der Waals surface area contributed by atoms with Gasteiger partial charge >= 0.3 is 0 Å². The van der Waals surface area contributed by atoms with Gasteiger partial charge in [0.05, 0.1) is 5.69 Å². The third-order valence-electron chi connectivity index (χ3n) is 2.56. The zero-order chi connectivity index (χ0) is 12.0. The maximum absolute atomic E-state index is 8.96. The van der Waals surface area contributed by atoms with Crippen molar-refractivity contribution in [2.24, 2.45) is 5.92 Å². The van der Waals surface area contributed by atoms with E-state index in [4.69, 9.17) is 5.11 Å². The minimum absolute atomic E-state index is 0.224. The third kappa shape index (κ3) is 4.60. The summed E-state index contributed by atoms with van der Waals surface area (Å²) in [7, 11) is 0. The molecule has 2 N–H and O–H groups in total. The molecule has 1 aromatic heterocycles. The van der Waals surface area contributed by atoms with Crippen LogP contribution in [0.25, 0.3) is 0 Å². The molecule has 0 saturated heterocycles. The lowest BCUT2D eigenvalue weighted by Gasteiger charge is -2.21. The van der Waals surface area contributed by atoms with Gasteiger partial charge in [0.15, 0.2) is 0 Å². The number of nitrogens with one attached hydrogen (secondary N) is 1. The first-order chi connectivity index (χ1) is 7.63. The van der Waals surface area contributed by atoms with E-state index in [-0.39, 0.29) is 6.61 Å². The summed E-state index contributed by atoms with van der Waals surface area (Å²) in [6.07, 6.45) is 0.783. The molecule has 0 aromatic carbocycles. The van der Waals surface area contributed by atoms with E-state index >= 15 is 0 Å². The molecule has 0 aliphatic rings. The predicted octanol–water partition coefficient (Wildman–Crippen LogP) is 2.34. The van der Waals surface area contributed by atoms with Crippen molar-refractivity contribution in [2.45, 2.75) is 32.9 Å². The van der Waals surface area contributed by atoms with Crippen molar-refractivity contribution < 1.29 is 5.11 Å². The molecule has 16 heavy (non-hydrogen) atoms. The van der Waals surface area contributed by atoms with Gasteiger partial charge in [-0.1, -0.05) is 19.9 Å². The maximum atomic E-state index is 8.96. The van der Waals surface area contributed by atoms with Crippen LogP contribution in [0.4, 0.5) is 0 Å². The van der Waals surface area contributed by atoms with Crippen LogP contribution in [0.15, 0.2) is 22.8 Å². The quantitative estimate of drug-likeness (QED) is 0.789. The highest BCUT2D eigenvalue weighted by atomic mass is 79.9. The van der Waals surface area contributed by atoms with Gasteiger partial charge in [-0.05, 0) is 40.4 Å². The topological polar surface area (TPSA) is 45.1 Å². The normalized spacial score (nSPS) is 13.1. The van der Waals surface area contributed by atoms with Gasteiger partial charge in [0.2, 0.25) is 0 Å². The molecule has 1 aromatic rings. The minimum Gasteiger partial charge on any atom is -0.396 e. The van der Waals surface area contributed by atoms with Crippen LogP contribution in [0.1, 0.15) is 26.0 Å². The number of aliphatic hydroxyl groups is 1. The van der Waals surface area contributed by atoms with Gasteiger partial charge < -0.3 is 10.4 Å². The Labute approximate surface area is 105 Å². The number of hydrogen-bond acceptors (Lipinski definition) is 3. The molecule has 0 fully saturated rings. The van der Waals surface area contributed by atoms with Gasteiger partial charge in [-0.3, -0.25) is 0 Å². The number of nitrogens with zero attached hydrogens (tertiary/aromatic N) is 1. The van der Waals surface area contributed by atoms with E-state index in [0.717, 1.165) is 23.3 Å². The van der Waals surface area contributed by atoms with Crippen molar-refractivity contribution in [3.8, 4) is 0 Å². The Hall–Kier alpha value is -0.450. The van der Waals surface area contributed by atoms with Gasteiger partial charge in [-0.15, -0.1) is 0 Å². The highest BCUT2D eigenvalue weighted by molar-refractivity contribution is 9.10. The van der Waals surface area contributed by atoms with E-state index in [2.05, 4.69) is 40.1 Å². The Morgan fingerprint density at radius 1 is 1.44 bits per heavy atom. The fourth-order valence-corrected chi connectivity index (χ4v) is 1.97. The van der Waals surface area contributed by atoms with Gasteiger partial charge in [0.1, 0.15) is 4.60 Å². The first-order valence-electron chi connectivity index (χ1n) is 5.59. The summed E-state index contributed by atoms with van der Waals surface area (Å²) in [5, 5.41) is 12.4. The summed E-state index contributed by atoms with van der Waals surface area (Å²) in [5.41, 5.74) is 1.01. The zero-order valence-electron chi connectivity index (χ0n) is 9.78. The molecule has 4 heteroatoms. The van der Waals surface area contributed by atoms with Crippen molar-refractivity contribution >= 4 is 15.9 Å². The number of aliphatic hydroxyl groups excluding tert-OH is 1. The summed E-state index contributed by atoms with van der Waals surface area (Å²) in [6.45, 7) is 5.27. The second-order valence-corrected chi connectivity index (χ2v) is 5.01. The number of aromatic nitrogens is 1. The van der Waals surface area contributed by atoms with Crippen molar-refractivity contribution in [1.82, 2.24) is 10.3 Å². The van der Waals surface area contributed by atoms with Crippen LogP contribution in [0, 0.1) is 5.92 Å². The molecule has 0 bridgehead atoms. The number of rotatable bonds is 6. The molecule has 0 amide bonds. The van der Waals surface area contributed by atoms with E-state index in [1.165, 1.54) is 0 Å². The molecule has 0 aliphatic carbocycles. The van der Waals surface area contributed by atoms with Crippen molar-refractivity contribution in [3.05, 3.63) is 28.5 Å². The SMILES string of the molecule is CC(C)C(CCO)NCc1cccc(Br)n1. The van der Waals surface area contributed by atoms with E-state index in [1.54, 1.807) is 0 Å². The van der Waals surface area contributed by atoms with Crippen molar-refractivity contribution in [2.75, 3.05) is 6.61 Å². The molecule has 1 heterocycles. The molecule has 0 radical (unpaired) electrons. The molecule has 0 spiro atoms. The summed E-state index contributed by atoms with van der Waals surface area (Å²) in [6, 6.07) is 6.22. The van der Waals surface area contributed by atoms with Crippen LogP contribution in [-0.4, -0.2) is 22.7 Å². The molecule has 0 aliphatic heterocycles. The second kappa shape index (κ2) is 6.99. The fourth-order valence-electron chi connectivity index (χ4n) is 1.59. The Morgan fingerprint density at radius 2 is 2.19 bits per heavy atom. The van der Waals surface area contributed by atoms with E-state index in [1.807, 2.05) is 18.2 Å². The van der Waals surface area contributed by atoms with Gasteiger partial charge in [0.25, 0.3) is 0 Å². The largest absolute Gasteiger partial charge is 0.396 e. The standard InChI is InChI=1S/C12H19BrN2O/c1-9(2)11(6-7-16)14-8-10-4-3-5-12(13)15-10/h3-5,9,11,14,16H,6-8H2,1-2H3. The van der Waals surface area contributed by atoms with Gasteiger partial charge in [0, 0.05) is 19.2 Å². The molecule has 1 rings (SSSR count). The Bertz CT molecular complexity index is 318. The predicted molar refractivity (Wildman–Crippen MR) is 69.1 cm³/mol. The van der Waals surface area contributed by atoms with Gasteiger partial charge in [-0.2, -0.15) is 0 Å². The smallest absolute Gasteiger partial charge is 0.106 e. The average Bonchev–Trinajstić information content (AvgIpc) is 2.24. The van der Waals surface area contributed by atoms with Crippen LogP contribution in [0.2, 0.25) is 0 Å². The van der Waals surface area contributed by atoms with Crippen molar-refractivity contribution in [1.29, 1.82) is 0 Å². The molecule has 90 valence electrons. The monoisotopic (exact) mass is 286 g/mol. The third-order valence-corrected chi connectivity index (χ3v) is 3.00. The molecule has 0 saturated carbocycles. The van der Waals surface area contributed by atoms with Crippen LogP contribution in [-0.2, 0) is 6.54 Å². The maximum Gasteiger partial charge on any atom is 0.106 e. The Morgan fingerprint density at radius 3 is 2.75 bits per heavy atom. The minimum atomic E-state index is 0.224. The van der Waals surface area contributed by atoms with Crippen LogP contribution in [0.5, 0.6) is 0 Å². The van der Waals surface area contributed by atoms with Crippen molar-refractivity contribution in [3.63, 3.8) is 0 Å². The summed E-state index contributed by atoms with van der Waals surface area (Å²) in [5.74, 6) is 0.513. The van der Waals surface area contributed by atoms with E-state index in [9.17, 15) is 0 Å². The number of halogens is 1. The summed E-state index contributed by atoms with van der Waals surface area (Å²) >= 11 is 3.35. The molecular weight excluding hydrogens is 268 g/mol. The first kappa shape index (κ1) is 13.6. The average molecular weight is 287 g/mol. The van der Waals surface area contributed by atoms with Gasteiger partial charge in [-0.25, -0.2) is 4.98 Å². The fraction of sp³-hybridized carbons (Fsp3) is 0.583. The lowest BCUT2D eigenvalue weighted by molar-refractivity contribution is 0.243. The molecular formula is C12H19BrN2O. The summed E-state index contributed by atoms with van der Waals surface area (Å²) < 4.78 is 0.857. The Balaban J connectivity index is 2.48. The van der Waals surface area contributed by atoms with Crippen LogP contribution in [0.3, 0.4) is 0 Å². The number of pyridine rings is 1. The lowest BCUT2D eigenvalue weighted by Crippen LogP contribution is -2.34. The highest BCUT2D eigenvalue weighted by Crippen LogP contribution is 2.09. The molecule has 3 nitrogen and oxygen atoms in total. The van der Waals surface area contributed by atoms with Crippen LogP contribution >= 0.6 is 15.9 Å². The second-order valence-electron chi connectivity index (χ2n) is 4.20. The van der Waals surface area contributed by atoms with E-state index < -0.39 is 0 Å². The van der Waals surface area contributed by atoms with Crippen LogP contribution < -0.4 is 5.32 Å². The summed E-state index contributed by atoms with van der Waals surface area (Å²) in [4.78, 5) is 4.36. The first-order valence-corrected chi connectivity index (χ1v) is 6.38.